The van der Waals surface area contributed by atoms with Gasteiger partial charge in [0, 0.05) is 25.7 Å². The van der Waals surface area contributed by atoms with Crippen LogP contribution in [-0.2, 0) is 6.42 Å². The van der Waals surface area contributed by atoms with Gasteiger partial charge in [0.1, 0.15) is 0 Å². The summed E-state index contributed by atoms with van der Waals surface area (Å²) in [5.41, 5.74) is 8.15. The van der Waals surface area contributed by atoms with Crippen molar-refractivity contribution in [2.45, 2.75) is 25.3 Å². The van der Waals surface area contributed by atoms with Gasteiger partial charge < -0.3 is 10.6 Å². The Morgan fingerprint density at radius 1 is 1.25 bits per heavy atom. The van der Waals surface area contributed by atoms with Crippen LogP contribution in [0.25, 0.3) is 0 Å². The maximum Gasteiger partial charge on any atom is 0.0237 e. The molecule has 2 aliphatic rings. The van der Waals surface area contributed by atoms with Gasteiger partial charge in [0.2, 0.25) is 0 Å². The summed E-state index contributed by atoms with van der Waals surface area (Å²) in [6, 6.07) is 11.2. The molecule has 0 aromatic heterocycles. The Bertz CT molecular complexity index is 356. The molecule has 0 bridgehead atoms. The number of nitrogens with zero attached hydrogens (tertiary/aromatic N) is 1. The molecule has 16 heavy (non-hydrogen) atoms. The normalized spacial score (nSPS) is 27.4. The molecule has 1 saturated heterocycles. The average molecular weight is 216 g/mol. The van der Waals surface area contributed by atoms with E-state index in [1.54, 1.807) is 0 Å². The minimum Gasteiger partial charge on any atom is -0.326 e. The van der Waals surface area contributed by atoms with Gasteiger partial charge in [-0.2, -0.15) is 0 Å². The van der Waals surface area contributed by atoms with Gasteiger partial charge in [-0.15, -0.1) is 0 Å². The lowest BCUT2D eigenvalue weighted by Gasteiger charge is -2.15. The van der Waals surface area contributed by atoms with Crippen molar-refractivity contribution in [1.82, 2.24) is 4.90 Å². The van der Waals surface area contributed by atoms with E-state index in [9.17, 15) is 0 Å². The van der Waals surface area contributed by atoms with Crippen LogP contribution in [0, 0.1) is 5.41 Å². The van der Waals surface area contributed by atoms with Crippen LogP contribution in [0.3, 0.4) is 0 Å². The van der Waals surface area contributed by atoms with E-state index in [1.165, 1.54) is 31.5 Å². The van der Waals surface area contributed by atoms with Gasteiger partial charge in [0.15, 0.2) is 0 Å². The lowest BCUT2D eigenvalue weighted by atomic mass is 10.0. The molecular weight excluding hydrogens is 196 g/mol. The lowest BCUT2D eigenvalue weighted by Crippen LogP contribution is -2.30. The summed E-state index contributed by atoms with van der Waals surface area (Å²) >= 11 is 0. The molecule has 1 saturated carbocycles. The zero-order chi connectivity index (χ0) is 11.0. The molecule has 86 valence electrons. The molecule has 0 amide bonds. The van der Waals surface area contributed by atoms with Gasteiger partial charge in [-0.1, -0.05) is 30.3 Å². The quantitative estimate of drug-likeness (QED) is 0.832. The number of nitrogens with two attached hydrogens (primary N) is 1. The molecule has 0 radical (unpaired) electrons. The number of rotatable bonds is 3. The van der Waals surface area contributed by atoms with Gasteiger partial charge in [-0.3, -0.25) is 0 Å². The molecule has 1 heterocycles. The molecule has 1 aromatic carbocycles. The second kappa shape index (κ2) is 3.86. The molecule has 2 N–H and O–H groups in total. The van der Waals surface area contributed by atoms with Crippen molar-refractivity contribution in [2.24, 2.45) is 11.1 Å². The fourth-order valence-corrected chi connectivity index (χ4v) is 2.89. The third kappa shape index (κ3) is 1.87. The van der Waals surface area contributed by atoms with E-state index in [4.69, 9.17) is 5.73 Å². The molecule has 2 heteroatoms. The Labute approximate surface area is 97.4 Å². The molecule has 1 atom stereocenters. The van der Waals surface area contributed by atoms with E-state index < -0.39 is 0 Å². The lowest BCUT2D eigenvalue weighted by molar-refractivity contribution is 0.324. The third-order valence-electron chi connectivity index (χ3n) is 4.23. The maximum absolute atomic E-state index is 6.19. The zero-order valence-electron chi connectivity index (χ0n) is 9.73. The summed E-state index contributed by atoms with van der Waals surface area (Å²) in [7, 11) is 0. The third-order valence-corrected chi connectivity index (χ3v) is 4.23. The predicted octanol–water partition coefficient (Wildman–Crippen LogP) is 1.65. The van der Waals surface area contributed by atoms with Crippen molar-refractivity contribution in [2.75, 3.05) is 19.6 Å². The first-order valence-corrected chi connectivity index (χ1v) is 6.30. The number of hydrogen-bond donors (Lipinski definition) is 1. The minimum atomic E-state index is 0.434. The monoisotopic (exact) mass is 216 g/mol. The van der Waals surface area contributed by atoms with E-state index in [0.717, 1.165) is 13.0 Å². The van der Waals surface area contributed by atoms with Gasteiger partial charge in [-0.05, 0) is 30.2 Å². The molecule has 1 aliphatic carbocycles. The average Bonchev–Trinajstić information content (AvgIpc) is 3.01. The van der Waals surface area contributed by atoms with Crippen LogP contribution in [0.2, 0.25) is 0 Å². The fraction of sp³-hybridized carbons (Fsp3) is 0.571. The Morgan fingerprint density at radius 3 is 2.62 bits per heavy atom. The van der Waals surface area contributed by atoms with Crippen molar-refractivity contribution in [1.29, 1.82) is 0 Å². The highest BCUT2D eigenvalue weighted by molar-refractivity contribution is 5.15. The summed E-state index contributed by atoms with van der Waals surface area (Å²) in [6.45, 7) is 3.51. The van der Waals surface area contributed by atoms with Crippen LogP contribution in [0.15, 0.2) is 30.3 Å². The summed E-state index contributed by atoms with van der Waals surface area (Å²) in [4.78, 5) is 2.55. The Morgan fingerprint density at radius 2 is 2.00 bits per heavy atom. The summed E-state index contributed by atoms with van der Waals surface area (Å²) in [5.74, 6) is 0. The van der Waals surface area contributed by atoms with Gasteiger partial charge >= 0.3 is 0 Å². The van der Waals surface area contributed by atoms with Gasteiger partial charge in [0.25, 0.3) is 0 Å². The second-order valence-electron chi connectivity index (χ2n) is 5.44. The first-order valence-electron chi connectivity index (χ1n) is 6.30. The largest absolute Gasteiger partial charge is 0.326 e. The molecule has 2 fully saturated rings. The zero-order valence-corrected chi connectivity index (χ0v) is 9.73. The molecule has 1 aromatic rings. The highest BCUT2D eigenvalue weighted by Crippen LogP contribution is 2.51. The Kier molecular flexibility index (Phi) is 2.49. The molecule has 1 spiro atoms. The van der Waals surface area contributed by atoms with Crippen LogP contribution in [0.4, 0.5) is 0 Å². The Hall–Kier alpha value is -0.860. The maximum atomic E-state index is 6.19. The topological polar surface area (TPSA) is 29.3 Å². The van der Waals surface area contributed by atoms with Crippen molar-refractivity contribution in [3.05, 3.63) is 35.9 Å². The minimum absolute atomic E-state index is 0.434. The summed E-state index contributed by atoms with van der Waals surface area (Å²) in [6.07, 6.45) is 3.87. The highest BCUT2D eigenvalue weighted by atomic mass is 15.2. The SMILES string of the molecule is NC1CN(CCc2ccccc2)CC12CC2. The van der Waals surface area contributed by atoms with Gasteiger partial charge in [-0.25, -0.2) is 0 Å². The number of likely N-dealkylation sites (tertiary alicyclic amines) is 1. The first kappa shape index (κ1) is 10.3. The molecular formula is C14H20N2. The summed E-state index contributed by atoms with van der Waals surface area (Å²) < 4.78 is 0. The molecule has 2 nitrogen and oxygen atoms in total. The van der Waals surface area contributed by atoms with Crippen LogP contribution in [-0.4, -0.2) is 30.6 Å². The molecule has 1 aliphatic heterocycles. The molecule has 3 rings (SSSR count). The standard InChI is InChI=1S/C14H20N2/c15-13-10-16(11-14(13)7-8-14)9-6-12-4-2-1-3-5-12/h1-5,13H,6-11,15H2. The Balaban J connectivity index is 1.54. The van der Waals surface area contributed by atoms with Crippen molar-refractivity contribution < 1.29 is 0 Å². The van der Waals surface area contributed by atoms with Crippen LogP contribution in [0.1, 0.15) is 18.4 Å². The summed E-state index contributed by atoms with van der Waals surface area (Å²) in [5, 5.41) is 0. The smallest absolute Gasteiger partial charge is 0.0237 e. The van der Waals surface area contributed by atoms with Crippen LogP contribution < -0.4 is 5.73 Å². The number of benzene rings is 1. The van der Waals surface area contributed by atoms with Crippen molar-refractivity contribution >= 4 is 0 Å². The van der Waals surface area contributed by atoms with E-state index in [-0.39, 0.29) is 0 Å². The van der Waals surface area contributed by atoms with Crippen LogP contribution >= 0.6 is 0 Å². The second-order valence-corrected chi connectivity index (χ2v) is 5.44. The first-order chi connectivity index (χ1) is 7.78. The van der Waals surface area contributed by atoms with Crippen molar-refractivity contribution in [3.63, 3.8) is 0 Å². The van der Waals surface area contributed by atoms with E-state index in [0.29, 0.717) is 11.5 Å². The molecule has 1 unspecified atom stereocenters. The van der Waals surface area contributed by atoms with Crippen LogP contribution in [0.5, 0.6) is 0 Å². The number of hydrogen-bond acceptors (Lipinski definition) is 2. The predicted molar refractivity (Wildman–Crippen MR) is 66.2 cm³/mol. The van der Waals surface area contributed by atoms with E-state index >= 15 is 0 Å². The highest BCUT2D eigenvalue weighted by Gasteiger charge is 2.53. The fourth-order valence-electron chi connectivity index (χ4n) is 2.89. The van der Waals surface area contributed by atoms with Crippen molar-refractivity contribution in [3.8, 4) is 0 Å². The van der Waals surface area contributed by atoms with Gasteiger partial charge in [0.05, 0.1) is 0 Å². The van der Waals surface area contributed by atoms with E-state index in [2.05, 4.69) is 35.2 Å². The van der Waals surface area contributed by atoms with E-state index in [1.807, 2.05) is 0 Å².